The van der Waals surface area contributed by atoms with Gasteiger partial charge in [0.15, 0.2) is 0 Å². The standard InChI is InChI=1S/C19H22BrN3O2/c1-3-16(13-9-11-15(20)12-10-13)22-17(14-7-5-4-6-8-14)18(24)23-19(25)21-2/h4-12,16-17,22H,3H2,1-2H3,(H2,21,23,24,25)/t16-,17-/m0/s1. The molecule has 0 aliphatic rings. The van der Waals surface area contributed by atoms with Gasteiger partial charge >= 0.3 is 6.03 Å². The number of carbonyl (C=O) groups is 2. The van der Waals surface area contributed by atoms with Crippen LogP contribution >= 0.6 is 15.9 Å². The zero-order chi connectivity index (χ0) is 18.2. The summed E-state index contributed by atoms with van der Waals surface area (Å²) in [6, 6.07) is 16.2. The summed E-state index contributed by atoms with van der Waals surface area (Å²) in [6.45, 7) is 2.05. The second-order valence-electron chi connectivity index (χ2n) is 5.59. The van der Waals surface area contributed by atoms with Gasteiger partial charge in [-0.15, -0.1) is 0 Å². The number of hydrogen-bond acceptors (Lipinski definition) is 3. The van der Waals surface area contributed by atoms with Gasteiger partial charge in [-0.3, -0.25) is 15.4 Å². The maximum absolute atomic E-state index is 12.6. The third-order valence-corrected chi connectivity index (χ3v) is 4.44. The molecule has 0 fully saturated rings. The van der Waals surface area contributed by atoms with Crippen LogP contribution in [0.15, 0.2) is 59.1 Å². The topological polar surface area (TPSA) is 70.2 Å². The largest absolute Gasteiger partial charge is 0.341 e. The Morgan fingerprint density at radius 2 is 1.64 bits per heavy atom. The van der Waals surface area contributed by atoms with Crippen molar-refractivity contribution in [3.63, 3.8) is 0 Å². The van der Waals surface area contributed by atoms with E-state index in [2.05, 4.69) is 38.8 Å². The van der Waals surface area contributed by atoms with E-state index in [-0.39, 0.29) is 11.9 Å². The summed E-state index contributed by atoms with van der Waals surface area (Å²) in [5.74, 6) is -0.388. The number of rotatable bonds is 6. The van der Waals surface area contributed by atoms with E-state index in [1.54, 1.807) is 0 Å². The Hall–Kier alpha value is -2.18. The number of imide groups is 1. The van der Waals surface area contributed by atoms with Crippen molar-refractivity contribution in [2.75, 3.05) is 7.05 Å². The third-order valence-electron chi connectivity index (χ3n) is 3.91. The zero-order valence-electron chi connectivity index (χ0n) is 14.3. The average Bonchev–Trinajstić information content (AvgIpc) is 2.64. The van der Waals surface area contributed by atoms with Gasteiger partial charge < -0.3 is 5.32 Å². The highest BCUT2D eigenvalue weighted by Crippen LogP contribution is 2.24. The molecule has 0 aromatic heterocycles. The molecule has 0 aliphatic heterocycles. The Morgan fingerprint density at radius 1 is 1.00 bits per heavy atom. The number of benzene rings is 2. The molecule has 0 spiro atoms. The number of nitrogens with one attached hydrogen (secondary N) is 3. The molecule has 2 atom stereocenters. The maximum Gasteiger partial charge on any atom is 0.321 e. The molecule has 0 aliphatic carbocycles. The van der Waals surface area contributed by atoms with E-state index in [9.17, 15) is 9.59 Å². The molecule has 3 N–H and O–H groups in total. The molecule has 2 rings (SSSR count). The van der Waals surface area contributed by atoms with E-state index in [1.807, 2.05) is 54.6 Å². The Morgan fingerprint density at radius 3 is 2.20 bits per heavy atom. The molecule has 0 unspecified atom stereocenters. The summed E-state index contributed by atoms with van der Waals surface area (Å²) in [7, 11) is 1.48. The van der Waals surface area contributed by atoms with Crippen LogP contribution in [-0.2, 0) is 4.79 Å². The van der Waals surface area contributed by atoms with E-state index in [1.165, 1.54) is 7.05 Å². The molecular weight excluding hydrogens is 382 g/mol. The van der Waals surface area contributed by atoms with Gasteiger partial charge in [-0.05, 0) is 29.7 Å². The summed E-state index contributed by atoms with van der Waals surface area (Å²) >= 11 is 3.43. The van der Waals surface area contributed by atoms with Gasteiger partial charge in [0, 0.05) is 17.6 Å². The van der Waals surface area contributed by atoms with Gasteiger partial charge in [-0.1, -0.05) is 65.3 Å². The molecule has 0 saturated heterocycles. The van der Waals surface area contributed by atoms with Gasteiger partial charge in [0.2, 0.25) is 5.91 Å². The van der Waals surface area contributed by atoms with Crippen molar-refractivity contribution in [2.24, 2.45) is 0 Å². The van der Waals surface area contributed by atoms with Gasteiger partial charge in [-0.2, -0.15) is 0 Å². The van der Waals surface area contributed by atoms with Gasteiger partial charge in [0.25, 0.3) is 0 Å². The second kappa shape index (κ2) is 9.34. The Kier molecular flexibility index (Phi) is 7.16. The quantitative estimate of drug-likeness (QED) is 0.688. The SMILES string of the molecule is CC[C@H](N[C@H](C(=O)NC(=O)NC)c1ccccc1)c1ccc(Br)cc1. The predicted molar refractivity (Wildman–Crippen MR) is 102 cm³/mol. The Balaban J connectivity index is 2.26. The predicted octanol–water partition coefficient (Wildman–Crippen LogP) is 3.69. The van der Waals surface area contributed by atoms with Crippen molar-refractivity contribution >= 4 is 27.9 Å². The summed E-state index contributed by atoms with van der Waals surface area (Å²) in [6.07, 6.45) is 0.804. The first kappa shape index (κ1) is 19.1. The van der Waals surface area contributed by atoms with Crippen LogP contribution in [-0.4, -0.2) is 19.0 Å². The molecule has 25 heavy (non-hydrogen) atoms. The van der Waals surface area contributed by atoms with E-state index < -0.39 is 12.1 Å². The summed E-state index contributed by atoms with van der Waals surface area (Å²) in [5, 5.41) is 8.14. The molecule has 2 aromatic rings. The van der Waals surface area contributed by atoms with Crippen molar-refractivity contribution in [1.29, 1.82) is 0 Å². The lowest BCUT2D eigenvalue weighted by molar-refractivity contribution is -0.122. The second-order valence-corrected chi connectivity index (χ2v) is 6.51. The lowest BCUT2D eigenvalue weighted by Crippen LogP contribution is -2.44. The number of urea groups is 1. The first-order valence-electron chi connectivity index (χ1n) is 8.14. The van der Waals surface area contributed by atoms with Crippen LogP contribution in [0, 0.1) is 0 Å². The zero-order valence-corrected chi connectivity index (χ0v) is 15.8. The number of halogens is 1. The summed E-state index contributed by atoms with van der Waals surface area (Å²) in [5.41, 5.74) is 1.89. The highest BCUT2D eigenvalue weighted by atomic mass is 79.9. The van der Waals surface area contributed by atoms with E-state index in [0.717, 1.165) is 22.0 Å². The van der Waals surface area contributed by atoms with Gasteiger partial charge in [-0.25, -0.2) is 4.79 Å². The summed E-state index contributed by atoms with van der Waals surface area (Å²) < 4.78 is 1.00. The maximum atomic E-state index is 12.6. The molecular formula is C19H22BrN3O2. The molecule has 0 saturated carbocycles. The first-order valence-corrected chi connectivity index (χ1v) is 8.93. The van der Waals surface area contributed by atoms with E-state index >= 15 is 0 Å². The van der Waals surface area contributed by atoms with E-state index in [0.29, 0.717) is 0 Å². The van der Waals surface area contributed by atoms with Gasteiger partial charge in [0.1, 0.15) is 6.04 Å². The van der Waals surface area contributed by atoms with Crippen LogP contribution in [0.25, 0.3) is 0 Å². The van der Waals surface area contributed by atoms with Crippen LogP contribution in [0.4, 0.5) is 4.79 Å². The van der Waals surface area contributed by atoms with Crippen molar-refractivity contribution in [3.05, 3.63) is 70.2 Å². The molecule has 0 radical (unpaired) electrons. The molecule has 0 heterocycles. The number of hydrogen-bond donors (Lipinski definition) is 3. The monoisotopic (exact) mass is 403 g/mol. The van der Waals surface area contributed by atoms with Crippen molar-refractivity contribution in [2.45, 2.75) is 25.4 Å². The smallest absolute Gasteiger partial charge is 0.321 e. The lowest BCUT2D eigenvalue weighted by Gasteiger charge is -2.25. The highest BCUT2D eigenvalue weighted by Gasteiger charge is 2.25. The third kappa shape index (κ3) is 5.41. The normalized spacial score (nSPS) is 12.9. The minimum atomic E-state index is -0.632. The fraction of sp³-hybridized carbons (Fsp3) is 0.263. The van der Waals surface area contributed by atoms with Crippen molar-refractivity contribution in [3.8, 4) is 0 Å². The van der Waals surface area contributed by atoms with Crippen LogP contribution in [0.3, 0.4) is 0 Å². The average molecular weight is 404 g/mol. The first-order chi connectivity index (χ1) is 12.0. The van der Waals surface area contributed by atoms with Crippen LogP contribution in [0.1, 0.15) is 36.6 Å². The van der Waals surface area contributed by atoms with Gasteiger partial charge in [0.05, 0.1) is 0 Å². The molecule has 0 bridgehead atoms. The van der Waals surface area contributed by atoms with Crippen molar-refractivity contribution in [1.82, 2.24) is 16.0 Å². The van der Waals surface area contributed by atoms with Crippen LogP contribution in [0.5, 0.6) is 0 Å². The molecule has 3 amide bonds. The lowest BCUT2D eigenvalue weighted by atomic mass is 10.00. The summed E-state index contributed by atoms with van der Waals surface area (Å²) in [4.78, 5) is 24.2. The minimum Gasteiger partial charge on any atom is -0.341 e. The Bertz CT molecular complexity index is 704. The number of amides is 3. The Labute approximate surface area is 156 Å². The fourth-order valence-corrected chi connectivity index (χ4v) is 2.83. The van der Waals surface area contributed by atoms with Crippen LogP contribution < -0.4 is 16.0 Å². The van der Waals surface area contributed by atoms with Crippen molar-refractivity contribution < 1.29 is 9.59 Å². The fourth-order valence-electron chi connectivity index (χ4n) is 2.56. The van der Waals surface area contributed by atoms with Crippen LogP contribution in [0.2, 0.25) is 0 Å². The molecule has 5 nitrogen and oxygen atoms in total. The number of carbonyl (C=O) groups excluding carboxylic acids is 2. The highest BCUT2D eigenvalue weighted by molar-refractivity contribution is 9.10. The minimum absolute atomic E-state index is 0.0197. The molecule has 2 aromatic carbocycles. The van der Waals surface area contributed by atoms with E-state index in [4.69, 9.17) is 0 Å². The molecule has 132 valence electrons. The molecule has 6 heteroatoms.